The topological polar surface area (TPSA) is 67.8 Å². The molecule has 0 aliphatic carbocycles. The van der Waals surface area contributed by atoms with Gasteiger partial charge in [0.15, 0.2) is 0 Å². The molecule has 2 aromatic carbocycles. The fraction of sp³-hybridized carbons (Fsp3) is 0.261. The van der Waals surface area contributed by atoms with Crippen molar-refractivity contribution < 1.29 is 18.7 Å². The van der Waals surface area contributed by atoms with Crippen molar-refractivity contribution in [3.05, 3.63) is 66.2 Å². The molecule has 2 heterocycles. The van der Waals surface area contributed by atoms with Gasteiger partial charge in [0, 0.05) is 49.4 Å². The van der Waals surface area contributed by atoms with Crippen LogP contribution in [-0.4, -0.2) is 61.2 Å². The quantitative estimate of drug-likeness (QED) is 0.629. The molecule has 0 bridgehead atoms. The molecule has 4 rings (SSSR count). The summed E-state index contributed by atoms with van der Waals surface area (Å²) in [6, 6.07) is 13.3. The van der Waals surface area contributed by atoms with E-state index >= 15 is 0 Å². The number of halogens is 1. The number of ether oxygens (including phenoxy) is 2. The number of anilines is 1. The zero-order chi connectivity index (χ0) is 21.8. The second-order valence-electron chi connectivity index (χ2n) is 7.15. The molecule has 1 aliphatic rings. The van der Waals surface area contributed by atoms with Gasteiger partial charge in [-0.05, 0) is 36.4 Å². The number of piperazine rings is 1. The van der Waals surface area contributed by atoms with Gasteiger partial charge in [-0.25, -0.2) is 14.4 Å². The summed E-state index contributed by atoms with van der Waals surface area (Å²) < 4.78 is 23.7. The van der Waals surface area contributed by atoms with Crippen LogP contribution in [0.25, 0.3) is 11.3 Å². The van der Waals surface area contributed by atoms with Crippen molar-refractivity contribution in [3.8, 4) is 22.8 Å². The van der Waals surface area contributed by atoms with Crippen molar-refractivity contribution in [2.24, 2.45) is 0 Å². The van der Waals surface area contributed by atoms with Crippen LogP contribution < -0.4 is 14.4 Å². The van der Waals surface area contributed by atoms with Crippen LogP contribution in [0.3, 0.4) is 0 Å². The molecule has 1 aliphatic heterocycles. The zero-order valence-electron chi connectivity index (χ0n) is 17.4. The van der Waals surface area contributed by atoms with E-state index in [0.717, 1.165) is 17.1 Å². The number of benzene rings is 2. The molecule has 160 valence electrons. The van der Waals surface area contributed by atoms with Crippen molar-refractivity contribution >= 4 is 11.7 Å². The second kappa shape index (κ2) is 8.99. The molecule has 1 fully saturated rings. The van der Waals surface area contributed by atoms with E-state index in [0.29, 0.717) is 43.2 Å². The standard InChI is InChI=1S/C23H23FN4O3/c1-30-19-11-17(12-20(13-19)31-2)23(29)28-9-7-27(8-10-28)22-14-21(25-15-26-22)16-3-5-18(24)6-4-16/h3-6,11-15H,7-10H2,1-2H3. The maximum Gasteiger partial charge on any atom is 0.254 e. The molecule has 8 heteroatoms. The molecule has 0 atom stereocenters. The third kappa shape index (κ3) is 4.58. The summed E-state index contributed by atoms with van der Waals surface area (Å²) in [7, 11) is 3.12. The van der Waals surface area contributed by atoms with Crippen LogP contribution in [0.15, 0.2) is 54.9 Å². The van der Waals surface area contributed by atoms with E-state index in [2.05, 4.69) is 14.9 Å². The van der Waals surface area contributed by atoms with E-state index in [4.69, 9.17) is 9.47 Å². The van der Waals surface area contributed by atoms with Gasteiger partial charge in [-0.2, -0.15) is 0 Å². The number of amides is 1. The molecule has 0 spiro atoms. The Morgan fingerprint density at radius 3 is 2.16 bits per heavy atom. The highest BCUT2D eigenvalue weighted by Gasteiger charge is 2.24. The highest BCUT2D eigenvalue weighted by atomic mass is 19.1. The van der Waals surface area contributed by atoms with E-state index in [1.165, 1.54) is 18.5 Å². The first kappa shape index (κ1) is 20.6. The average Bonchev–Trinajstić information content (AvgIpc) is 2.84. The third-order valence-electron chi connectivity index (χ3n) is 5.28. The molecule has 1 saturated heterocycles. The van der Waals surface area contributed by atoms with Crippen molar-refractivity contribution in [3.63, 3.8) is 0 Å². The van der Waals surface area contributed by atoms with E-state index < -0.39 is 0 Å². The van der Waals surface area contributed by atoms with E-state index in [9.17, 15) is 9.18 Å². The van der Waals surface area contributed by atoms with Crippen LogP contribution in [-0.2, 0) is 0 Å². The number of nitrogens with zero attached hydrogens (tertiary/aromatic N) is 4. The minimum atomic E-state index is -0.285. The Balaban J connectivity index is 1.45. The van der Waals surface area contributed by atoms with Crippen LogP contribution in [0.2, 0.25) is 0 Å². The van der Waals surface area contributed by atoms with E-state index in [-0.39, 0.29) is 11.7 Å². The molecule has 0 saturated carbocycles. The lowest BCUT2D eigenvalue weighted by atomic mass is 10.1. The smallest absolute Gasteiger partial charge is 0.254 e. The molecule has 1 aromatic heterocycles. The largest absolute Gasteiger partial charge is 0.497 e. The predicted molar refractivity (Wildman–Crippen MR) is 115 cm³/mol. The summed E-state index contributed by atoms with van der Waals surface area (Å²) in [5.41, 5.74) is 2.09. The Labute approximate surface area is 180 Å². The van der Waals surface area contributed by atoms with Crippen molar-refractivity contribution in [1.29, 1.82) is 0 Å². The third-order valence-corrected chi connectivity index (χ3v) is 5.28. The Bertz CT molecular complexity index is 1040. The monoisotopic (exact) mass is 422 g/mol. The highest BCUT2D eigenvalue weighted by molar-refractivity contribution is 5.95. The number of hydrogen-bond acceptors (Lipinski definition) is 6. The molecule has 7 nitrogen and oxygen atoms in total. The number of methoxy groups -OCH3 is 2. The number of carbonyl (C=O) groups is 1. The normalized spacial score (nSPS) is 13.8. The van der Waals surface area contributed by atoms with Crippen molar-refractivity contribution in [1.82, 2.24) is 14.9 Å². The zero-order valence-corrected chi connectivity index (χ0v) is 17.4. The van der Waals surface area contributed by atoms with E-state index in [1.54, 1.807) is 44.6 Å². The lowest BCUT2D eigenvalue weighted by molar-refractivity contribution is 0.0745. The number of carbonyl (C=O) groups excluding carboxylic acids is 1. The Kier molecular flexibility index (Phi) is 5.97. The lowest BCUT2D eigenvalue weighted by Gasteiger charge is -2.35. The Morgan fingerprint density at radius 1 is 0.903 bits per heavy atom. The van der Waals surface area contributed by atoms with E-state index in [1.807, 2.05) is 11.0 Å². The highest BCUT2D eigenvalue weighted by Crippen LogP contribution is 2.25. The second-order valence-corrected chi connectivity index (χ2v) is 7.15. The minimum absolute atomic E-state index is 0.0634. The Morgan fingerprint density at radius 2 is 1.55 bits per heavy atom. The van der Waals surface area contributed by atoms with Gasteiger partial charge < -0.3 is 19.3 Å². The summed E-state index contributed by atoms with van der Waals surface area (Å²) in [5, 5.41) is 0. The summed E-state index contributed by atoms with van der Waals surface area (Å²) in [6.07, 6.45) is 1.51. The molecule has 3 aromatic rings. The van der Waals surface area contributed by atoms with Gasteiger partial charge in [0.2, 0.25) is 0 Å². The van der Waals surface area contributed by atoms with Crippen LogP contribution in [0.1, 0.15) is 10.4 Å². The molecule has 0 radical (unpaired) electrons. The van der Waals surface area contributed by atoms with Gasteiger partial charge >= 0.3 is 0 Å². The summed E-state index contributed by atoms with van der Waals surface area (Å²) >= 11 is 0. The first-order chi connectivity index (χ1) is 15.1. The van der Waals surface area contributed by atoms with Gasteiger partial charge in [0.05, 0.1) is 19.9 Å². The molecule has 0 N–H and O–H groups in total. The average molecular weight is 422 g/mol. The van der Waals surface area contributed by atoms with Crippen molar-refractivity contribution in [2.75, 3.05) is 45.3 Å². The number of rotatable bonds is 5. The minimum Gasteiger partial charge on any atom is -0.497 e. The maximum atomic E-state index is 13.2. The Hall–Kier alpha value is -3.68. The first-order valence-corrected chi connectivity index (χ1v) is 9.92. The van der Waals surface area contributed by atoms with Crippen molar-refractivity contribution in [2.45, 2.75) is 0 Å². The van der Waals surface area contributed by atoms with Gasteiger partial charge in [-0.15, -0.1) is 0 Å². The lowest BCUT2D eigenvalue weighted by Crippen LogP contribution is -2.49. The van der Waals surface area contributed by atoms with Crippen LogP contribution in [0, 0.1) is 5.82 Å². The molecular weight excluding hydrogens is 399 g/mol. The van der Waals surface area contributed by atoms with Crippen LogP contribution in [0.5, 0.6) is 11.5 Å². The summed E-state index contributed by atoms with van der Waals surface area (Å²) in [6.45, 7) is 2.42. The van der Waals surface area contributed by atoms with Gasteiger partial charge in [-0.3, -0.25) is 4.79 Å². The molecule has 31 heavy (non-hydrogen) atoms. The molecule has 0 unspecified atom stereocenters. The number of hydrogen-bond donors (Lipinski definition) is 0. The summed E-state index contributed by atoms with van der Waals surface area (Å²) in [5.74, 6) is 1.59. The number of aromatic nitrogens is 2. The molecular formula is C23H23FN4O3. The van der Waals surface area contributed by atoms with Crippen LogP contribution in [0.4, 0.5) is 10.2 Å². The maximum absolute atomic E-state index is 13.2. The van der Waals surface area contributed by atoms with Gasteiger partial charge in [0.25, 0.3) is 5.91 Å². The summed E-state index contributed by atoms with van der Waals surface area (Å²) in [4.78, 5) is 25.6. The predicted octanol–water partition coefficient (Wildman–Crippen LogP) is 3.26. The fourth-order valence-electron chi connectivity index (χ4n) is 3.55. The molecule has 1 amide bonds. The van der Waals surface area contributed by atoms with Crippen LogP contribution >= 0.6 is 0 Å². The van der Waals surface area contributed by atoms with Gasteiger partial charge in [-0.1, -0.05) is 0 Å². The van der Waals surface area contributed by atoms with Gasteiger partial charge in [0.1, 0.15) is 29.5 Å². The SMILES string of the molecule is COc1cc(OC)cc(C(=O)N2CCN(c3cc(-c4ccc(F)cc4)ncn3)CC2)c1. The fourth-order valence-corrected chi connectivity index (χ4v) is 3.55. The first-order valence-electron chi connectivity index (χ1n) is 9.92.